The number of esters is 2. The van der Waals surface area contributed by atoms with Crippen LogP contribution < -0.4 is 0 Å². The Labute approximate surface area is 167 Å². The van der Waals surface area contributed by atoms with Gasteiger partial charge >= 0.3 is 11.9 Å². The molecule has 2 saturated carbocycles. The summed E-state index contributed by atoms with van der Waals surface area (Å²) in [6.45, 7) is 16.5. The lowest BCUT2D eigenvalue weighted by molar-refractivity contribution is -0.148. The van der Waals surface area contributed by atoms with Crippen molar-refractivity contribution in [3.63, 3.8) is 0 Å². The van der Waals surface area contributed by atoms with E-state index in [2.05, 4.69) is 27.0 Å². The van der Waals surface area contributed by atoms with Gasteiger partial charge in [-0.2, -0.15) is 0 Å². The summed E-state index contributed by atoms with van der Waals surface area (Å²) in [5.74, 6) is -0.464. The van der Waals surface area contributed by atoms with E-state index in [9.17, 15) is 9.59 Å². The van der Waals surface area contributed by atoms with Gasteiger partial charge in [0.1, 0.15) is 13.2 Å². The molecule has 2 aliphatic carbocycles. The summed E-state index contributed by atoms with van der Waals surface area (Å²) in [4.78, 5) is 24.4. The molecular formula is C24H30O4. The number of hydrogen-bond donors (Lipinski definition) is 0. The standard InChI is InChI=1S/C24H30O4/c1-15(2)23(5)11-19(23)21(25)27-13-17-7-9-18(10-8-17)14-28-22(26)20-12-24(20,6)16(3)4/h7-10,19-20H,1,3,11-14H2,2,4-6H3. The molecule has 2 fully saturated rings. The van der Waals surface area contributed by atoms with Crippen LogP contribution in [0, 0.1) is 22.7 Å². The summed E-state index contributed by atoms with van der Waals surface area (Å²) in [5, 5.41) is 0. The fourth-order valence-electron chi connectivity index (χ4n) is 3.60. The van der Waals surface area contributed by atoms with Gasteiger partial charge in [0.25, 0.3) is 0 Å². The van der Waals surface area contributed by atoms with Crippen LogP contribution in [0.1, 0.15) is 51.7 Å². The number of carbonyl (C=O) groups is 2. The van der Waals surface area contributed by atoms with Crippen LogP contribution in [0.2, 0.25) is 0 Å². The van der Waals surface area contributed by atoms with Crippen LogP contribution >= 0.6 is 0 Å². The fourth-order valence-corrected chi connectivity index (χ4v) is 3.60. The van der Waals surface area contributed by atoms with Crippen molar-refractivity contribution in [2.75, 3.05) is 0 Å². The third-order valence-electron chi connectivity index (χ3n) is 6.78. The van der Waals surface area contributed by atoms with Gasteiger partial charge in [0.05, 0.1) is 11.8 Å². The van der Waals surface area contributed by atoms with Crippen LogP contribution in [-0.2, 0) is 32.3 Å². The molecule has 0 aliphatic heterocycles. The van der Waals surface area contributed by atoms with Gasteiger partial charge < -0.3 is 9.47 Å². The molecule has 0 bridgehead atoms. The van der Waals surface area contributed by atoms with Crippen molar-refractivity contribution in [2.45, 2.75) is 53.8 Å². The lowest BCUT2D eigenvalue weighted by atomic mass is 9.98. The molecule has 0 amide bonds. The molecule has 1 aromatic rings. The summed E-state index contributed by atoms with van der Waals surface area (Å²) < 4.78 is 10.9. The number of allylic oxidation sites excluding steroid dienone is 2. The number of ether oxygens (including phenoxy) is 2. The van der Waals surface area contributed by atoms with E-state index in [1.165, 1.54) is 0 Å². The maximum absolute atomic E-state index is 12.2. The van der Waals surface area contributed by atoms with Crippen molar-refractivity contribution < 1.29 is 19.1 Å². The molecule has 2 aliphatic rings. The van der Waals surface area contributed by atoms with E-state index < -0.39 is 0 Å². The van der Waals surface area contributed by atoms with Crippen LogP contribution in [0.3, 0.4) is 0 Å². The van der Waals surface area contributed by atoms with Crippen LogP contribution in [-0.4, -0.2) is 11.9 Å². The lowest BCUT2D eigenvalue weighted by Crippen LogP contribution is -2.13. The van der Waals surface area contributed by atoms with Crippen LogP contribution in [0.4, 0.5) is 0 Å². The Morgan fingerprint density at radius 2 is 1.18 bits per heavy atom. The second-order valence-corrected chi connectivity index (χ2v) is 8.94. The monoisotopic (exact) mass is 382 g/mol. The number of hydrogen-bond acceptors (Lipinski definition) is 4. The summed E-state index contributed by atoms with van der Waals surface area (Å²) >= 11 is 0. The Balaban J connectivity index is 1.43. The molecule has 4 unspecified atom stereocenters. The minimum absolute atomic E-state index is 0.0732. The van der Waals surface area contributed by atoms with E-state index in [1.807, 2.05) is 38.1 Å². The Hall–Kier alpha value is -2.36. The normalized spacial score (nSPS) is 30.3. The molecule has 0 radical (unpaired) electrons. The second kappa shape index (κ2) is 7.23. The molecule has 0 saturated heterocycles. The third kappa shape index (κ3) is 3.91. The molecule has 3 rings (SSSR count). The quantitative estimate of drug-likeness (QED) is 0.470. The first kappa shape index (κ1) is 20.4. The van der Waals surface area contributed by atoms with E-state index in [1.54, 1.807) is 0 Å². The van der Waals surface area contributed by atoms with Gasteiger partial charge in [-0.15, -0.1) is 0 Å². The zero-order valence-corrected chi connectivity index (χ0v) is 17.3. The summed E-state index contributed by atoms with van der Waals surface area (Å²) in [6, 6.07) is 7.60. The number of carbonyl (C=O) groups excluding carboxylic acids is 2. The van der Waals surface area contributed by atoms with Gasteiger partial charge in [-0.1, -0.05) is 62.4 Å². The molecule has 0 heterocycles. The van der Waals surface area contributed by atoms with Gasteiger partial charge in [-0.3, -0.25) is 9.59 Å². The minimum atomic E-state index is -0.159. The topological polar surface area (TPSA) is 52.6 Å². The highest BCUT2D eigenvalue weighted by Gasteiger charge is 2.56. The van der Waals surface area contributed by atoms with Crippen molar-refractivity contribution >= 4 is 11.9 Å². The van der Waals surface area contributed by atoms with Gasteiger partial charge in [-0.25, -0.2) is 0 Å². The van der Waals surface area contributed by atoms with E-state index in [0.29, 0.717) is 0 Å². The first-order valence-electron chi connectivity index (χ1n) is 9.81. The zero-order chi connectivity index (χ0) is 20.7. The largest absolute Gasteiger partial charge is 0.461 e. The van der Waals surface area contributed by atoms with Gasteiger partial charge in [0.15, 0.2) is 0 Å². The van der Waals surface area contributed by atoms with Crippen molar-refractivity contribution in [1.29, 1.82) is 0 Å². The summed E-state index contributed by atoms with van der Waals surface area (Å²) in [7, 11) is 0. The molecule has 0 aromatic heterocycles. The molecule has 4 atom stereocenters. The Morgan fingerprint density at radius 1 is 0.857 bits per heavy atom. The Kier molecular flexibility index (Phi) is 5.26. The molecule has 28 heavy (non-hydrogen) atoms. The van der Waals surface area contributed by atoms with Gasteiger partial charge in [0.2, 0.25) is 0 Å². The van der Waals surface area contributed by atoms with Gasteiger partial charge in [0, 0.05) is 10.8 Å². The van der Waals surface area contributed by atoms with E-state index in [-0.39, 0.29) is 47.8 Å². The van der Waals surface area contributed by atoms with Crippen LogP contribution in [0.15, 0.2) is 48.6 Å². The molecule has 150 valence electrons. The molecular weight excluding hydrogens is 352 g/mol. The lowest BCUT2D eigenvalue weighted by Gasteiger charge is -2.11. The summed E-state index contributed by atoms with van der Waals surface area (Å²) in [5.41, 5.74) is 3.68. The average Bonchev–Trinajstić information content (AvgIpc) is 3.54. The number of benzene rings is 1. The molecule has 4 heteroatoms. The highest BCUT2D eigenvalue weighted by atomic mass is 16.5. The maximum atomic E-state index is 12.2. The number of rotatable bonds is 8. The predicted molar refractivity (Wildman–Crippen MR) is 108 cm³/mol. The van der Waals surface area contributed by atoms with E-state index in [4.69, 9.17) is 9.47 Å². The Morgan fingerprint density at radius 3 is 1.43 bits per heavy atom. The molecule has 4 nitrogen and oxygen atoms in total. The van der Waals surface area contributed by atoms with Crippen molar-refractivity contribution in [3.8, 4) is 0 Å². The van der Waals surface area contributed by atoms with Crippen LogP contribution in [0.25, 0.3) is 0 Å². The molecule has 0 spiro atoms. The third-order valence-corrected chi connectivity index (χ3v) is 6.78. The second-order valence-electron chi connectivity index (χ2n) is 8.94. The van der Waals surface area contributed by atoms with E-state index >= 15 is 0 Å². The minimum Gasteiger partial charge on any atom is -0.461 e. The maximum Gasteiger partial charge on any atom is 0.310 e. The smallest absolute Gasteiger partial charge is 0.310 e. The van der Waals surface area contributed by atoms with Crippen molar-refractivity contribution in [1.82, 2.24) is 0 Å². The van der Waals surface area contributed by atoms with E-state index in [0.717, 1.165) is 35.1 Å². The average molecular weight is 383 g/mol. The first-order valence-corrected chi connectivity index (χ1v) is 9.81. The van der Waals surface area contributed by atoms with Gasteiger partial charge in [-0.05, 0) is 37.8 Å². The fraction of sp³-hybridized carbons (Fsp3) is 0.500. The van der Waals surface area contributed by atoms with Crippen LogP contribution in [0.5, 0.6) is 0 Å². The predicted octanol–water partition coefficient (Wildman–Crippen LogP) is 4.98. The highest BCUT2D eigenvalue weighted by Crippen LogP contribution is 2.58. The molecule has 0 N–H and O–H groups in total. The highest BCUT2D eigenvalue weighted by molar-refractivity contribution is 5.78. The van der Waals surface area contributed by atoms with Crippen molar-refractivity contribution in [3.05, 3.63) is 59.7 Å². The molecule has 1 aromatic carbocycles. The first-order chi connectivity index (χ1) is 13.1. The summed E-state index contributed by atoms with van der Waals surface area (Å²) in [6.07, 6.45) is 1.63. The Bertz CT molecular complexity index is 753. The van der Waals surface area contributed by atoms with Crippen molar-refractivity contribution in [2.24, 2.45) is 22.7 Å². The SMILES string of the molecule is C=C(C)C1(C)CC1C(=O)OCc1ccc(COC(=O)C2CC2(C)C(=C)C)cc1. The zero-order valence-electron chi connectivity index (χ0n) is 17.3.